The maximum atomic E-state index is 11.2. The van der Waals surface area contributed by atoms with Crippen molar-refractivity contribution in [2.75, 3.05) is 7.11 Å². The van der Waals surface area contributed by atoms with Crippen molar-refractivity contribution < 1.29 is 14.3 Å². The second kappa shape index (κ2) is 3.89. The lowest BCUT2D eigenvalue weighted by atomic mass is 9.76. The van der Waals surface area contributed by atoms with Gasteiger partial charge in [0.2, 0.25) is 0 Å². The Labute approximate surface area is 84.8 Å². The molecular weight excluding hydrogens is 180 g/mol. The summed E-state index contributed by atoms with van der Waals surface area (Å²) >= 11 is 0. The Morgan fingerprint density at radius 3 is 2.43 bits per heavy atom. The molecule has 0 aromatic heterocycles. The summed E-state index contributed by atoms with van der Waals surface area (Å²) in [4.78, 5) is 11.2. The first-order chi connectivity index (χ1) is 6.74. The van der Waals surface area contributed by atoms with Crippen molar-refractivity contribution >= 4 is 5.97 Å². The molecule has 0 bridgehead atoms. The van der Waals surface area contributed by atoms with Crippen LogP contribution < -0.4 is 0 Å². The van der Waals surface area contributed by atoms with Crippen LogP contribution in [0.15, 0.2) is 0 Å². The molecule has 0 spiro atoms. The van der Waals surface area contributed by atoms with Gasteiger partial charge in [0.25, 0.3) is 0 Å². The maximum absolute atomic E-state index is 11.2. The molecule has 3 heteroatoms. The van der Waals surface area contributed by atoms with E-state index in [4.69, 9.17) is 9.47 Å². The van der Waals surface area contributed by atoms with E-state index >= 15 is 0 Å². The molecule has 2 saturated carbocycles. The van der Waals surface area contributed by atoms with Gasteiger partial charge in [-0.05, 0) is 38.5 Å². The van der Waals surface area contributed by atoms with Crippen molar-refractivity contribution in [3.05, 3.63) is 0 Å². The van der Waals surface area contributed by atoms with E-state index in [1.54, 1.807) is 0 Å². The Kier molecular flexibility index (Phi) is 2.77. The molecule has 0 aromatic carbocycles. The number of carbonyl (C=O) groups is 1. The van der Waals surface area contributed by atoms with Crippen molar-refractivity contribution in [3.8, 4) is 0 Å². The smallest absolute Gasteiger partial charge is 0.308 e. The number of hydrogen-bond acceptors (Lipinski definition) is 3. The molecule has 2 aliphatic rings. The summed E-state index contributed by atoms with van der Waals surface area (Å²) in [6.45, 7) is 0. The highest BCUT2D eigenvalue weighted by Crippen LogP contribution is 2.42. The van der Waals surface area contributed by atoms with Crippen molar-refractivity contribution in [3.63, 3.8) is 0 Å². The molecule has 2 rings (SSSR count). The van der Waals surface area contributed by atoms with E-state index in [1.165, 1.54) is 32.8 Å². The van der Waals surface area contributed by atoms with Crippen LogP contribution in [-0.4, -0.2) is 24.8 Å². The number of rotatable bonds is 4. The number of hydrogen-bond donors (Lipinski definition) is 0. The van der Waals surface area contributed by atoms with Gasteiger partial charge < -0.3 is 9.47 Å². The lowest BCUT2D eigenvalue weighted by Crippen LogP contribution is -2.46. The molecule has 2 aliphatic carbocycles. The monoisotopic (exact) mass is 198 g/mol. The third-order valence-corrected chi connectivity index (χ3v) is 3.43. The fraction of sp³-hybridized carbons (Fsp3) is 0.909. The predicted molar refractivity (Wildman–Crippen MR) is 51.9 cm³/mol. The van der Waals surface area contributed by atoms with Crippen molar-refractivity contribution in [2.45, 2.75) is 56.7 Å². The minimum Gasteiger partial charge on any atom is -0.469 e. The average Bonchev–Trinajstić information content (AvgIpc) is 2.06. The molecule has 0 heterocycles. The summed E-state index contributed by atoms with van der Waals surface area (Å²) in [6.07, 6.45) is 7.71. The van der Waals surface area contributed by atoms with Crippen LogP contribution in [0.3, 0.4) is 0 Å². The summed E-state index contributed by atoms with van der Waals surface area (Å²) in [6, 6.07) is 0. The number of ether oxygens (including phenoxy) is 2. The number of carbonyl (C=O) groups excluding carboxylic acids is 1. The second-order valence-corrected chi connectivity index (χ2v) is 4.46. The zero-order chi connectivity index (χ0) is 10.0. The topological polar surface area (TPSA) is 35.5 Å². The molecule has 2 fully saturated rings. The molecule has 14 heavy (non-hydrogen) atoms. The SMILES string of the molecule is COC(=O)CC1(OC2CCC2)CCC1. The average molecular weight is 198 g/mol. The second-order valence-electron chi connectivity index (χ2n) is 4.46. The van der Waals surface area contributed by atoms with Crippen LogP contribution in [0.1, 0.15) is 44.9 Å². The minimum absolute atomic E-state index is 0.135. The third kappa shape index (κ3) is 1.92. The largest absolute Gasteiger partial charge is 0.469 e. The molecule has 0 amide bonds. The standard InChI is InChI=1S/C11H18O3/c1-13-10(12)8-11(6-3-7-11)14-9-4-2-5-9/h9H,2-8H2,1H3. The molecule has 0 aromatic rings. The first-order valence-corrected chi connectivity index (χ1v) is 5.49. The zero-order valence-corrected chi connectivity index (χ0v) is 8.75. The van der Waals surface area contributed by atoms with Gasteiger partial charge in [0.15, 0.2) is 0 Å². The molecular formula is C11H18O3. The van der Waals surface area contributed by atoms with Gasteiger partial charge in [-0.25, -0.2) is 0 Å². The van der Waals surface area contributed by atoms with Crippen LogP contribution in [0.5, 0.6) is 0 Å². The molecule has 0 atom stereocenters. The van der Waals surface area contributed by atoms with E-state index in [0.717, 1.165) is 12.8 Å². The highest BCUT2D eigenvalue weighted by Gasteiger charge is 2.43. The van der Waals surface area contributed by atoms with E-state index in [9.17, 15) is 4.79 Å². The zero-order valence-electron chi connectivity index (χ0n) is 8.75. The lowest BCUT2D eigenvalue weighted by Gasteiger charge is -2.45. The van der Waals surface area contributed by atoms with E-state index < -0.39 is 0 Å². The van der Waals surface area contributed by atoms with Crippen LogP contribution in [0.4, 0.5) is 0 Å². The highest BCUT2D eigenvalue weighted by atomic mass is 16.5. The van der Waals surface area contributed by atoms with Gasteiger partial charge in [0, 0.05) is 0 Å². The van der Waals surface area contributed by atoms with E-state index in [0.29, 0.717) is 12.5 Å². The lowest BCUT2D eigenvalue weighted by molar-refractivity contribution is -0.179. The van der Waals surface area contributed by atoms with Crippen LogP contribution in [0, 0.1) is 0 Å². The Bertz CT molecular complexity index is 217. The van der Waals surface area contributed by atoms with Crippen molar-refractivity contribution in [1.29, 1.82) is 0 Å². The summed E-state index contributed by atoms with van der Waals surface area (Å²) in [5, 5.41) is 0. The Hall–Kier alpha value is -0.570. The number of esters is 1. The van der Waals surface area contributed by atoms with E-state index in [-0.39, 0.29) is 11.6 Å². The normalized spacial score (nSPS) is 24.9. The predicted octanol–water partition coefficient (Wildman–Crippen LogP) is 2.04. The molecule has 0 unspecified atom stereocenters. The molecule has 0 N–H and O–H groups in total. The van der Waals surface area contributed by atoms with Crippen molar-refractivity contribution in [1.82, 2.24) is 0 Å². The summed E-state index contributed by atoms with van der Waals surface area (Å²) in [7, 11) is 1.44. The molecule has 0 radical (unpaired) electrons. The minimum atomic E-state index is -0.155. The maximum Gasteiger partial charge on any atom is 0.308 e. The quantitative estimate of drug-likeness (QED) is 0.648. The number of methoxy groups -OCH3 is 1. The Morgan fingerprint density at radius 2 is 2.07 bits per heavy atom. The van der Waals surface area contributed by atoms with Gasteiger partial charge in [-0.2, -0.15) is 0 Å². The molecule has 3 nitrogen and oxygen atoms in total. The van der Waals surface area contributed by atoms with Crippen LogP contribution in [0.25, 0.3) is 0 Å². The molecule has 0 saturated heterocycles. The van der Waals surface area contributed by atoms with Crippen molar-refractivity contribution in [2.24, 2.45) is 0 Å². The van der Waals surface area contributed by atoms with Gasteiger partial charge >= 0.3 is 5.97 Å². The fourth-order valence-electron chi connectivity index (χ4n) is 2.08. The fourth-order valence-corrected chi connectivity index (χ4v) is 2.08. The first kappa shape index (κ1) is 9.97. The van der Waals surface area contributed by atoms with Gasteiger partial charge in [-0.1, -0.05) is 0 Å². The first-order valence-electron chi connectivity index (χ1n) is 5.49. The Morgan fingerprint density at radius 1 is 1.36 bits per heavy atom. The van der Waals surface area contributed by atoms with Crippen LogP contribution >= 0.6 is 0 Å². The summed E-state index contributed by atoms with van der Waals surface area (Å²) < 4.78 is 10.7. The summed E-state index contributed by atoms with van der Waals surface area (Å²) in [5.41, 5.74) is -0.155. The highest BCUT2D eigenvalue weighted by molar-refractivity contribution is 5.70. The van der Waals surface area contributed by atoms with Gasteiger partial charge in [0.1, 0.15) is 0 Å². The van der Waals surface area contributed by atoms with Crippen LogP contribution in [0.2, 0.25) is 0 Å². The molecule has 80 valence electrons. The molecule has 0 aliphatic heterocycles. The van der Waals surface area contributed by atoms with Gasteiger partial charge in [-0.3, -0.25) is 4.79 Å². The Balaban J connectivity index is 1.84. The van der Waals surface area contributed by atoms with E-state index in [1.807, 2.05) is 0 Å². The van der Waals surface area contributed by atoms with E-state index in [2.05, 4.69) is 0 Å². The third-order valence-electron chi connectivity index (χ3n) is 3.43. The van der Waals surface area contributed by atoms with Gasteiger partial charge in [0.05, 0.1) is 25.2 Å². The summed E-state index contributed by atoms with van der Waals surface area (Å²) in [5.74, 6) is -0.135. The van der Waals surface area contributed by atoms with Crippen LogP contribution in [-0.2, 0) is 14.3 Å². The van der Waals surface area contributed by atoms with Gasteiger partial charge in [-0.15, -0.1) is 0 Å².